The van der Waals surface area contributed by atoms with Crippen LogP contribution in [0.1, 0.15) is 25.8 Å². The van der Waals surface area contributed by atoms with Gasteiger partial charge in [-0.15, -0.1) is 0 Å². The minimum absolute atomic E-state index is 0.113. The molecule has 1 fully saturated rings. The Morgan fingerprint density at radius 3 is 2.91 bits per heavy atom. The van der Waals surface area contributed by atoms with E-state index in [-0.39, 0.29) is 17.3 Å². The third kappa shape index (κ3) is 3.53. The summed E-state index contributed by atoms with van der Waals surface area (Å²) in [5.74, 6) is -0.283. The van der Waals surface area contributed by atoms with Crippen LogP contribution in [0.2, 0.25) is 0 Å². The number of hydrogen-bond donors (Lipinski definition) is 1. The number of para-hydroxylation sites is 2. The highest BCUT2D eigenvalue weighted by Crippen LogP contribution is 2.38. The number of benzene rings is 1. The Morgan fingerprint density at radius 2 is 2.22 bits per heavy atom. The van der Waals surface area contributed by atoms with Crippen LogP contribution in [0.3, 0.4) is 0 Å². The van der Waals surface area contributed by atoms with Gasteiger partial charge in [0.15, 0.2) is 5.16 Å². The monoisotopic (exact) mass is 332 g/mol. The van der Waals surface area contributed by atoms with Gasteiger partial charge in [0.2, 0.25) is 5.91 Å². The first-order valence-corrected chi connectivity index (χ1v) is 8.18. The number of amides is 1. The standard InChI is InChI=1S/C15H16N4O3S/c1-10(23-15-16-8-9-18(15)11-6-7-11)14(20)17-12-4-2-3-5-13(12)19(21)22/h2-5,8-11H,6-7H2,1H3,(H,17,20)/t10-/m0/s1. The number of nitrogens with one attached hydrogen (secondary N) is 1. The van der Waals surface area contributed by atoms with Crippen molar-refractivity contribution in [3.05, 3.63) is 46.8 Å². The Kier molecular flexibility index (Phi) is 4.33. The third-order valence-electron chi connectivity index (χ3n) is 3.58. The molecule has 1 aliphatic carbocycles. The fourth-order valence-electron chi connectivity index (χ4n) is 2.21. The lowest BCUT2D eigenvalue weighted by Gasteiger charge is -2.12. The van der Waals surface area contributed by atoms with Gasteiger partial charge in [0, 0.05) is 24.5 Å². The van der Waals surface area contributed by atoms with Crippen LogP contribution in [0.4, 0.5) is 11.4 Å². The quantitative estimate of drug-likeness (QED) is 0.498. The summed E-state index contributed by atoms with van der Waals surface area (Å²) in [7, 11) is 0. The summed E-state index contributed by atoms with van der Waals surface area (Å²) in [4.78, 5) is 27.1. The van der Waals surface area contributed by atoms with E-state index in [0.29, 0.717) is 6.04 Å². The van der Waals surface area contributed by atoms with E-state index >= 15 is 0 Å². The number of aromatic nitrogens is 2. The van der Waals surface area contributed by atoms with Crippen molar-refractivity contribution in [2.75, 3.05) is 5.32 Å². The number of thioether (sulfide) groups is 1. The summed E-state index contributed by atoms with van der Waals surface area (Å²) in [5, 5.41) is 14.0. The number of carbonyl (C=O) groups is 1. The van der Waals surface area contributed by atoms with Crippen molar-refractivity contribution in [1.29, 1.82) is 0 Å². The molecule has 8 heteroatoms. The molecule has 1 amide bonds. The molecule has 120 valence electrons. The molecule has 23 heavy (non-hydrogen) atoms. The predicted molar refractivity (Wildman–Crippen MR) is 87.5 cm³/mol. The smallest absolute Gasteiger partial charge is 0.292 e. The molecular weight excluding hydrogens is 316 g/mol. The largest absolute Gasteiger partial charge is 0.323 e. The van der Waals surface area contributed by atoms with Crippen LogP contribution in [0, 0.1) is 10.1 Å². The van der Waals surface area contributed by atoms with Gasteiger partial charge in [0.05, 0.1) is 10.2 Å². The van der Waals surface area contributed by atoms with Gasteiger partial charge in [0.25, 0.3) is 5.69 Å². The van der Waals surface area contributed by atoms with Crippen LogP contribution in [-0.2, 0) is 4.79 Å². The second-order valence-corrected chi connectivity index (χ2v) is 6.68. The van der Waals surface area contributed by atoms with Crippen molar-refractivity contribution in [2.45, 2.75) is 36.2 Å². The van der Waals surface area contributed by atoms with Gasteiger partial charge in [-0.05, 0) is 25.8 Å². The minimum Gasteiger partial charge on any atom is -0.323 e. The van der Waals surface area contributed by atoms with Crippen molar-refractivity contribution < 1.29 is 9.72 Å². The van der Waals surface area contributed by atoms with E-state index in [1.807, 2.05) is 6.20 Å². The van der Waals surface area contributed by atoms with Crippen molar-refractivity contribution in [1.82, 2.24) is 9.55 Å². The zero-order chi connectivity index (χ0) is 16.4. The number of nitro groups is 1. The zero-order valence-electron chi connectivity index (χ0n) is 12.5. The summed E-state index contributed by atoms with van der Waals surface area (Å²) < 4.78 is 2.08. The number of hydrogen-bond acceptors (Lipinski definition) is 5. The van der Waals surface area contributed by atoms with Crippen LogP contribution >= 0.6 is 11.8 Å². The van der Waals surface area contributed by atoms with E-state index in [2.05, 4.69) is 14.9 Å². The molecule has 0 spiro atoms. The first-order valence-electron chi connectivity index (χ1n) is 7.30. The molecule has 0 aliphatic heterocycles. The van der Waals surface area contributed by atoms with Gasteiger partial charge in [-0.3, -0.25) is 14.9 Å². The van der Waals surface area contributed by atoms with Gasteiger partial charge in [-0.25, -0.2) is 4.98 Å². The van der Waals surface area contributed by atoms with Crippen molar-refractivity contribution >= 4 is 29.0 Å². The minimum atomic E-state index is -0.507. The Morgan fingerprint density at radius 1 is 1.48 bits per heavy atom. The van der Waals surface area contributed by atoms with Gasteiger partial charge in [-0.1, -0.05) is 23.9 Å². The molecule has 1 saturated carbocycles. The van der Waals surface area contributed by atoms with Crippen LogP contribution in [0.25, 0.3) is 0 Å². The first kappa shape index (κ1) is 15.5. The summed E-state index contributed by atoms with van der Waals surface area (Å²) in [6.45, 7) is 1.76. The molecule has 0 saturated heterocycles. The lowest BCUT2D eigenvalue weighted by Crippen LogP contribution is -2.23. The number of carbonyl (C=O) groups excluding carboxylic acids is 1. The molecule has 3 rings (SSSR count). The highest BCUT2D eigenvalue weighted by Gasteiger charge is 2.27. The topological polar surface area (TPSA) is 90.1 Å². The van der Waals surface area contributed by atoms with Gasteiger partial charge >= 0.3 is 0 Å². The highest BCUT2D eigenvalue weighted by molar-refractivity contribution is 8.00. The average molecular weight is 332 g/mol. The lowest BCUT2D eigenvalue weighted by atomic mass is 10.2. The Balaban J connectivity index is 1.68. The summed E-state index contributed by atoms with van der Waals surface area (Å²) in [6.07, 6.45) is 5.93. The molecule has 1 N–H and O–H groups in total. The Bertz CT molecular complexity index is 742. The first-order chi connectivity index (χ1) is 11.1. The molecule has 2 aromatic rings. The molecule has 1 aliphatic rings. The molecule has 0 bridgehead atoms. The normalized spacial score (nSPS) is 15.2. The fourth-order valence-corrected chi connectivity index (χ4v) is 3.14. The van der Waals surface area contributed by atoms with Crippen molar-refractivity contribution in [3.8, 4) is 0 Å². The second-order valence-electron chi connectivity index (χ2n) is 5.37. The summed E-state index contributed by atoms with van der Waals surface area (Å²) in [5.41, 5.74) is 0.0954. The maximum atomic E-state index is 12.3. The van der Waals surface area contributed by atoms with E-state index in [1.54, 1.807) is 25.3 Å². The molecular formula is C15H16N4O3S. The zero-order valence-corrected chi connectivity index (χ0v) is 13.3. The lowest BCUT2D eigenvalue weighted by molar-refractivity contribution is -0.383. The highest BCUT2D eigenvalue weighted by atomic mass is 32.2. The van der Waals surface area contributed by atoms with Crippen molar-refractivity contribution in [2.24, 2.45) is 0 Å². The van der Waals surface area contributed by atoms with E-state index in [9.17, 15) is 14.9 Å². The maximum Gasteiger partial charge on any atom is 0.292 e. The molecule has 7 nitrogen and oxygen atoms in total. The third-order valence-corrected chi connectivity index (χ3v) is 4.68. The Hall–Kier alpha value is -2.35. The van der Waals surface area contributed by atoms with E-state index in [0.717, 1.165) is 18.0 Å². The maximum absolute atomic E-state index is 12.3. The number of nitro benzene ring substituents is 1. The van der Waals surface area contributed by atoms with Crippen LogP contribution in [0.15, 0.2) is 41.8 Å². The van der Waals surface area contributed by atoms with E-state index in [1.165, 1.54) is 23.9 Å². The Labute approximate surface area is 137 Å². The number of rotatable bonds is 6. The summed E-state index contributed by atoms with van der Waals surface area (Å²) in [6, 6.07) is 6.61. The molecule has 1 aromatic carbocycles. The molecule has 0 radical (unpaired) electrons. The number of imidazole rings is 1. The van der Waals surface area contributed by atoms with Gasteiger partial charge < -0.3 is 9.88 Å². The molecule has 0 unspecified atom stereocenters. The van der Waals surface area contributed by atoms with E-state index < -0.39 is 10.2 Å². The van der Waals surface area contributed by atoms with Gasteiger partial charge in [0.1, 0.15) is 5.69 Å². The summed E-state index contributed by atoms with van der Waals surface area (Å²) >= 11 is 1.36. The van der Waals surface area contributed by atoms with E-state index in [4.69, 9.17) is 0 Å². The SMILES string of the molecule is C[C@H](Sc1nccn1C1CC1)C(=O)Nc1ccccc1[N+](=O)[O-]. The number of nitrogens with zero attached hydrogens (tertiary/aromatic N) is 3. The van der Waals surface area contributed by atoms with Crippen LogP contribution in [-0.4, -0.2) is 25.6 Å². The molecule has 1 heterocycles. The molecule has 1 aromatic heterocycles. The van der Waals surface area contributed by atoms with Crippen LogP contribution in [0.5, 0.6) is 0 Å². The number of anilines is 1. The predicted octanol–water partition coefficient (Wildman–Crippen LogP) is 3.25. The fraction of sp³-hybridized carbons (Fsp3) is 0.333. The average Bonchev–Trinajstić information content (AvgIpc) is 3.27. The van der Waals surface area contributed by atoms with Gasteiger partial charge in [-0.2, -0.15) is 0 Å². The molecule has 1 atom stereocenters. The van der Waals surface area contributed by atoms with Crippen LogP contribution < -0.4 is 5.32 Å². The van der Waals surface area contributed by atoms with Crippen molar-refractivity contribution in [3.63, 3.8) is 0 Å². The second kappa shape index (κ2) is 6.41.